The highest BCUT2D eigenvalue weighted by Gasteiger charge is 2.12. The summed E-state index contributed by atoms with van der Waals surface area (Å²) in [4.78, 5) is 0. The molecule has 0 rings (SSSR count). The second-order valence-electron chi connectivity index (χ2n) is 4.56. The van der Waals surface area contributed by atoms with Gasteiger partial charge in [0, 0.05) is 10.3 Å². The topological polar surface area (TPSA) is 32.6 Å². The molecule has 0 aromatic carbocycles. The zero-order chi connectivity index (χ0) is 13.6. The van der Waals surface area contributed by atoms with Gasteiger partial charge < -0.3 is 5.21 Å². The summed E-state index contributed by atoms with van der Waals surface area (Å²) in [6.45, 7) is 6.37. The molecule has 0 heterocycles. The van der Waals surface area contributed by atoms with Crippen molar-refractivity contribution in [2.45, 2.75) is 71.0 Å². The average molecular weight is 292 g/mol. The van der Waals surface area contributed by atoms with E-state index < -0.39 is 0 Å². The molecule has 0 amide bonds. The molecule has 0 radical (unpaired) electrons. The molecular formula is C14H29NOS2. The second kappa shape index (κ2) is 13.6. The first-order valence-corrected chi connectivity index (χ1v) is 9.34. The van der Waals surface area contributed by atoms with Gasteiger partial charge in [0.2, 0.25) is 0 Å². The number of nitrogens with zero attached hydrogens (tertiary/aromatic N) is 1. The third kappa shape index (κ3) is 10.1. The van der Waals surface area contributed by atoms with Gasteiger partial charge in [0.05, 0.1) is 5.71 Å². The van der Waals surface area contributed by atoms with E-state index in [-0.39, 0.29) is 0 Å². The molecule has 0 aromatic rings. The molecule has 2 nitrogen and oxygen atoms in total. The van der Waals surface area contributed by atoms with Crippen molar-refractivity contribution in [1.82, 2.24) is 0 Å². The normalized spacial score (nSPS) is 13.8. The van der Waals surface area contributed by atoms with Crippen LogP contribution in [0.3, 0.4) is 0 Å². The molecule has 0 fully saturated rings. The van der Waals surface area contributed by atoms with E-state index in [0.717, 1.165) is 23.0 Å². The van der Waals surface area contributed by atoms with Crippen LogP contribution in [-0.2, 0) is 0 Å². The molecule has 0 spiro atoms. The maximum absolute atomic E-state index is 8.90. The second-order valence-corrected chi connectivity index (χ2v) is 7.39. The molecular weight excluding hydrogens is 262 g/mol. The minimum atomic E-state index is 0.403. The number of thioether (sulfide) groups is 2. The zero-order valence-electron chi connectivity index (χ0n) is 12.2. The van der Waals surface area contributed by atoms with Gasteiger partial charge in [0.1, 0.15) is 0 Å². The number of unbranched alkanes of at least 4 members (excludes halogenated alkanes) is 5. The van der Waals surface area contributed by atoms with E-state index in [4.69, 9.17) is 5.21 Å². The van der Waals surface area contributed by atoms with Gasteiger partial charge in [0.25, 0.3) is 0 Å². The Kier molecular flexibility index (Phi) is 13.7. The standard InChI is InChI=1S/C14H29NOS2/c1-4-6-7-8-9-10-11-14(13(3)15-16)18-12-17-5-2/h14,16H,4-12H2,1-3H3. The van der Waals surface area contributed by atoms with Gasteiger partial charge in [-0.2, -0.15) is 11.8 Å². The smallest absolute Gasteiger partial charge is 0.0669 e. The molecule has 1 N–H and O–H groups in total. The first kappa shape index (κ1) is 18.2. The van der Waals surface area contributed by atoms with Crippen LogP contribution < -0.4 is 0 Å². The van der Waals surface area contributed by atoms with Crippen molar-refractivity contribution >= 4 is 29.2 Å². The molecule has 1 atom stereocenters. The molecule has 4 heteroatoms. The minimum Gasteiger partial charge on any atom is -0.411 e. The summed E-state index contributed by atoms with van der Waals surface area (Å²) in [5.41, 5.74) is 0.880. The van der Waals surface area contributed by atoms with Crippen molar-refractivity contribution in [3.8, 4) is 0 Å². The van der Waals surface area contributed by atoms with Gasteiger partial charge in [-0.3, -0.25) is 0 Å². The van der Waals surface area contributed by atoms with Crippen LogP contribution in [0.25, 0.3) is 0 Å². The van der Waals surface area contributed by atoms with Gasteiger partial charge in [-0.25, -0.2) is 0 Å². The summed E-state index contributed by atoms with van der Waals surface area (Å²) in [6.07, 6.45) is 9.11. The van der Waals surface area contributed by atoms with Gasteiger partial charge in [-0.15, -0.1) is 11.8 Å². The SMILES string of the molecule is CCCCCCCCC(SCSCC)C(C)=NO. The maximum atomic E-state index is 8.90. The molecule has 0 aliphatic heterocycles. The van der Waals surface area contributed by atoms with E-state index in [1.54, 1.807) is 0 Å². The average Bonchev–Trinajstić information content (AvgIpc) is 2.40. The quantitative estimate of drug-likeness (QED) is 0.172. The molecule has 0 bridgehead atoms. The van der Waals surface area contributed by atoms with Crippen LogP contribution in [0.4, 0.5) is 0 Å². The van der Waals surface area contributed by atoms with Gasteiger partial charge in [-0.05, 0) is 19.1 Å². The van der Waals surface area contributed by atoms with E-state index >= 15 is 0 Å². The van der Waals surface area contributed by atoms with Crippen LogP contribution in [-0.4, -0.2) is 27.0 Å². The fourth-order valence-corrected chi connectivity index (χ4v) is 4.13. The first-order chi connectivity index (χ1) is 8.76. The third-order valence-corrected chi connectivity index (χ3v) is 5.60. The number of hydrogen-bond acceptors (Lipinski definition) is 4. The molecule has 0 aliphatic rings. The summed E-state index contributed by atoms with van der Waals surface area (Å²) in [6, 6.07) is 0. The Labute approximate surface area is 121 Å². The van der Waals surface area contributed by atoms with Crippen molar-refractivity contribution in [3.05, 3.63) is 0 Å². The van der Waals surface area contributed by atoms with Crippen LogP contribution in [0, 0.1) is 0 Å². The van der Waals surface area contributed by atoms with Crippen molar-refractivity contribution in [3.63, 3.8) is 0 Å². The summed E-state index contributed by atoms with van der Waals surface area (Å²) < 4.78 is 0. The Bertz CT molecular complexity index is 210. The zero-order valence-corrected chi connectivity index (χ0v) is 13.8. The number of rotatable bonds is 12. The summed E-state index contributed by atoms with van der Waals surface area (Å²) in [7, 11) is 0. The van der Waals surface area contributed by atoms with Crippen molar-refractivity contribution < 1.29 is 5.21 Å². The molecule has 1 unspecified atom stereocenters. The minimum absolute atomic E-state index is 0.403. The van der Waals surface area contributed by atoms with Crippen LogP contribution in [0.1, 0.15) is 65.7 Å². The first-order valence-electron chi connectivity index (χ1n) is 7.14. The van der Waals surface area contributed by atoms with Crippen LogP contribution >= 0.6 is 23.5 Å². The Hall–Kier alpha value is 0.170. The highest BCUT2D eigenvalue weighted by Crippen LogP contribution is 2.24. The van der Waals surface area contributed by atoms with Crippen molar-refractivity contribution in [2.24, 2.45) is 5.16 Å². The van der Waals surface area contributed by atoms with Crippen LogP contribution in [0.5, 0.6) is 0 Å². The van der Waals surface area contributed by atoms with E-state index in [1.807, 2.05) is 30.4 Å². The van der Waals surface area contributed by atoms with Gasteiger partial charge in [-0.1, -0.05) is 57.5 Å². The predicted molar refractivity (Wildman–Crippen MR) is 87.3 cm³/mol. The molecule has 0 saturated heterocycles. The van der Waals surface area contributed by atoms with Gasteiger partial charge >= 0.3 is 0 Å². The summed E-state index contributed by atoms with van der Waals surface area (Å²) >= 11 is 3.86. The summed E-state index contributed by atoms with van der Waals surface area (Å²) in [5, 5.41) is 13.8. The maximum Gasteiger partial charge on any atom is 0.0669 e. The molecule has 18 heavy (non-hydrogen) atoms. The third-order valence-electron chi connectivity index (χ3n) is 3.00. The monoisotopic (exact) mass is 291 g/mol. The number of hydrogen-bond donors (Lipinski definition) is 1. The Morgan fingerprint density at radius 3 is 2.39 bits per heavy atom. The highest BCUT2D eigenvalue weighted by atomic mass is 32.2. The fourth-order valence-electron chi connectivity index (χ4n) is 1.80. The van der Waals surface area contributed by atoms with E-state index in [2.05, 4.69) is 19.0 Å². The lowest BCUT2D eigenvalue weighted by atomic mass is 10.1. The van der Waals surface area contributed by atoms with Crippen LogP contribution in [0.15, 0.2) is 5.16 Å². The molecule has 0 saturated carbocycles. The lowest BCUT2D eigenvalue weighted by molar-refractivity contribution is 0.317. The Morgan fingerprint density at radius 1 is 1.11 bits per heavy atom. The predicted octanol–water partition coefficient (Wildman–Crippen LogP) is 5.40. The fraction of sp³-hybridized carbons (Fsp3) is 0.929. The highest BCUT2D eigenvalue weighted by molar-refractivity contribution is 8.16. The lowest BCUT2D eigenvalue weighted by Crippen LogP contribution is -2.14. The molecule has 0 aromatic heterocycles. The van der Waals surface area contributed by atoms with Crippen LogP contribution in [0.2, 0.25) is 0 Å². The van der Waals surface area contributed by atoms with E-state index in [0.29, 0.717) is 5.25 Å². The molecule has 0 aliphatic carbocycles. The van der Waals surface area contributed by atoms with Gasteiger partial charge in [0.15, 0.2) is 0 Å². The molecule has 108 valence electrons. The lowest BCUT2D eigenvalue weighted by Gasteiger charge is -2.15. The van der Waals surface area contributed by atoms with Crippen molar-refractivity contribution in [1.29, 1.82) is 0 Å². The van der Waals surface area contributed by atoms with Crippen molar-refractivity contribution in [2.75, 3.05) is 10.8 Å². The largest absolute Gasteiger partial charge is 0.411 e. The Morgan fingerprint density at radius 2 is 1.78 bits per heavy atom. The number of oxime groups is 1. The summed E-state index contributed by atoms with van der Waals surface area (Å²) in [5.74, 6) is 1.16. The Balaban J connectivity index is 3.73. The van der Waals surface area contributed by atoms with E-state index in [1.165, 1.54) is 38.5 Å². The van der Waals surface area contributed by atoms with E-state index in [9.17, 15) is 0 Å².